The van der Waals surface area contributed by atoms with E-state index in [1.807, 2.05) is 33.5 Å². The fraction of sp³-hybridized carbons (Fsp3) is 0.467. The van der Waals surface area contributed by atoms with Crippen LogP contribution in [0.25, 0.3) is 0 Å². The van der Waals surface area contributed by atoms with Gasteiger partial charge in [-0.2, -0.15) is 5.10 Å². The largest absolute Gasteiger partial charge is 0.357 e. The van der Waals surface area contributed by atoms with Crippen molar-refractivity contribution in [1.82, 2.24) is 24.6 Å². The van der Waals surface area contributed by atoms with Crippen molar-refractivity contribution in [3.63, 3.8) is 0 Å². The molecule has 0 spiro atoms. The standard InChI is InChI=1S/C15H23BrN6/c1-5-17-15(18-7-12-8-19-22(4)9-12)21(3)11-14-6-13(16)10-20(14)2/h6,8-10H,5,7,11H2,1-4H3,(H,17,18). The average Bonchev–Trinajstić information content (AvgIpc) is 3.00. The molecule has 0 atom stereocenters. The second-order valence-electron chi connectivity index (χ2n) is 5.31. The summed E-state index contributed by atoms with van der Waals surface area (Å²) in [5.74, 6) is 0.892. The summed E-state index contributed by atoms with van der Waals surface area (Å²) in [6, 6.07) is 2.13. The molecular formula is C15H23BrN6. The fourth-order valence-electron chi connectivity index (χ4n) is 2.23. The Morgan fingerprint density at radius 1 is 1.41 bits per heavy atom. The number of hydrogen-bond donors (Lipinski definition) is 1. The summed E-state index contributed by atoms with van der Waals surface area (Å²) >= 11 is 3.51. The van der Waals surface area contributed by atoms with Crippen molar-refractivity contribution in [3.05, 3.63) is 40.4 Å². The quantitative estimate of drug-likeness (QED) is 0.651. The van der Waals surface area contributed by atoms with E-state index in [9.17, 15) is 0 Å². The highest BCUT2D eigenvalue weighted by Crippen LogP contribution is 2.15. The van der Waals surface area contributed by atoms with Gasteiger partial charge in [0.05, 0.1) is 19.3 Å². The third-order valence-corrected chi connectivity index (χ3v) is 3.77. The zero-order chi connectivity index (χ0) is 16.1. The second-order valence-corrected chi connectivity index (χ2v) is 6.22. The first-order valence-corrected chi connectivity index (χ1v) is 8.06. The molecule has 0 amide bonds. The van der Waals surface area contributed by atoms with E-state index in [4.69, 9.17) is 0 Å². The maximum Gasteiger partial charge on any atom is 0.194 e. The lowest BCUT2D eigenvalue weighted by Gasteiger charge is -2.22. The van der Waals surface area contributed by atoms with E-state index in [0.29, 0.717) is 6.54 Å². The minimum absolute atomic E-state index is 0.622. The van der Waals surface area contributed by atoms with Gasteiger partial charge in [-0.25, -0.2) is 4.99 Å². The Kier molecular flexibility index (Phi) is 5.65. The number of rotatable bonds is 5. The van der Waals surface area contributed by atoms with E-state index in [-0.39, 0.29) is 0 Å². The molecule has 1 N–H and O–H groups in total. The smallest absolute Gasteiger partial charge is 0.194 e. The number of nitrogens with zero attached hydrogens (tertiary/aromatic N) is 5. The maximum absolute atomic E-state index is 4.69. The highest BCUT2D eigenvalue weighted by atomic mass is 79.9. The third kappa shape index (κ3) is 4.37. The van der Waals surface area contributed by atoms with Crippen molar-refractivity contribution in [3.8, 4) is 0 Å². The molecule has 0 bridgehead atoms. The van der Waals surface area contributed by atoms with E-state index in [1.165, 1.54) is 5.69 Å². The Morgan fingerprint density at radius 3 is 2.73 bits per heavy atom. The van der Waals surface area contributed by atoms with Gasteiger partial charge in [-0.05, 0) is 28.9 Å². The number of aliphatic imine (C=N–C) groups is 1. The lowest BCUT2D eigenvalue weighted by molar-refractivity contribution is 0.462. The van der Waals surface area contributed by atoms with Crippen LogP contribution in [0.3, 0.4) is 0 Å². The maximum atomic E-state index is 4.69. The van der Waals surface area contributed by atoms with Gasteiger partial charge < -0.3 is 14.8 Å². The van der Waals surface area contributed by atoms with Crippen LogP contribution in [0.2, 0.25) is 0 Å². The van der Waals surface area contributed by atoms with E-state index in [0.717, 1.165) is 29.1 Å². The van der Waals surface area contributed by atoms with Crippen molar-refractivity contribution in [1.29, 1.82) is 0 Å². The van der Waals surface area contributed by atoms with Crippen molar-refractivity contribution >= 4 is 21.9 Å². The SMILES string of the molecule is CCNC(=NCc1cnn(C)c1)N(C)Cc1cc(Br)cn1C. The molecule has 0 aliphatic heterocycles. The Morgan fingerprint density at radius 2 is 2.18 bits per heavy atom. The Labute approximate surface area is 140 Å². The van der Waals surface area contributed by atoms with Crippen molar-refractivity contribution in [2.24, 2.45) is 19.1 Å². The molecule has 0 aromatic carbocycles. The van der Waals surface area contributed by atoms with Gasteiger partial charge >= 0.3 is 0 Å². The number of aryl methyl sites for hydroxylation is 2. The van der Waals surface area contributed by atoms with Gasteiger partial charge in [0.15, 0.2) is 5.96 Å². The van der Waals surface area contributed by atoms with Crippen LogP contribution in [0, 0.1) is 0 Å². The lowest BCUT2D eigenvalue weighted by atomic mass is 10.3. The molecule has 2 rings (SSSR count). The predicted octanol–water partition coefficient (Wildman–Crippen LogP) is 2.12. The summed E-state index contributed by atoms with van der Waals surface area (Å²) in [5, 5.41) is 7.51. The molecule has 2 heterocycles. The minimum atomic E-state index is 0.622. The topological polar surface area (TPSA) is 50.4 Å². The van der Waals surface area contributed by atoms with Crippen LogP contribution in [0.5, 0.6) is 0 Å². The minimum Gasteiger partial charge on any atom is -0.357 e. The van der Waals surface area contributed by atoms with Gasteiger partial charge in [0.1, 0.15) is 0 Å². The first-order chi connectivity index (χ1) is 10.5. The molecule has 0 unspecified atom stereocenters. The second kappa shape index (κ2) is 7.49. The number of hydrogen-bond acceptors (Lipinski definition) is 2. The molecule has 2 aromatic rings. The highest BCUT2D eigenvalue weighted by Gasteiger charge is 2.09. The summed E-state index contributed by atoms with van der Waals surface area (Å²) in [6.45, 7) is 4.33. The van der Waals surface area contributed by atoms with Gasteiger partial charge in [0, 0.05) is 55.8 Å². The van der Waals surface area contributed by atoms with E-state index < -0.39 is 0 Å². The molecule has 0 saturated heterocycles. The van der Waals surface area contributed by atoms with Gasteiger partial charge in [-0.1, -0.05) is 0 Å². The molecule has 6 nitrogen and oxygen atoms in total. The molecule has 2 aromatic heterocycles. The van der Waals surface area contributed by atoms with Crippen molar-refractivity contribution < 1.29 is 0 Å². The number of halogens is 1. The molecule has 0 fully saturated rings. The van der Waals surface area contributed by atoms with Crippen molar-refractivity contribution in [2.75, 3.05) is 13.6 Å². The first kappa shape index (κ1) is 16.6. The zero-order valence-corrected chi connectivity index (χ0v) is 15.1. The van der Waals surface area contributed by atoms with Crippen LogP contribution in [0.4, 0.5) is 0 Å². The monoisotopic (exact) mass is 366 g/mol. The summed E-state index contributed by atoms with van der Waals surface area (Å²) in [7, 11) is 6.01. The number of aromatic nitrogens is 3. The summed E-state index contributed by atoms with van der Waals surface area (Å²) in [6.07, 6.45) is 5.89. The summed E-state index contributed by atoms with van der Waals surface area (Å²) in [5.41, 5.74) is 2.33. The van der Waals surface area contributed by atoms with Crippen LogP contribution in [0.15, 0.2) is 34.1 Å². The van der Waals surface area contributed by atoms with E-state index >= 15 is 0 Å². The lowest BCUT2D eigenvalue weighted by Crippen LogP contribution is -2.38. The number of nitrogens with one attached hydrogen (secondary N) is 1. The van der Waals surface area contributed by atoms with Crippen LogP contribution < -0.4 is 5.32 Å². The molecule has 0 radical (unpaired) electrons. The van der Waals surface area contributed by atoms with E-state index in [2.05, 4.69) is 60.0 Å². The molecule has 0 aliphatic rings. The predicted molar refractivity (Wildman–Crippen MR) is 92.6 cm³/mol. The van der Waals surface area contributed by atoms with E-state index in [1.54, 1.807) is 4.68 Å². The molecule has 22 heavy (non-hydrogen) atoms. The number of guanidine groups is 1. The molecule has 0 saturated carbocycles. The average molecular weight is 367 g/mol. The Hall–Kier alpha value is -1.76. The van der Waals surface area contributed by atoms with Gasteiger partial charge in [-0.15, -0.1) is 0 Å². The molecular weight excluding hydrogens is 344 g/mol. The first-order valence-electron chi connectivity index (χ1n) is 7.27. The summed E-state index contributed by atoms with van der Waals surface area (Å²) < 4.78 is 5.00. The Balaban J connectivity index is 2.07. The van der Waals surface area contributed by atoms with Crippen LogP contribution in [-0.4, -0.2) is 38.8 Å². The highest BCUT2D eigenvalue weighted by molar-refractivity contribution is 9.10. The van der Waals surface area contributed by atoms with Gasteiger partial charge in [0.2, 0.25) is 0 Å². The normalized spacial score (nSPS) is 11.8. The van der Waals surface area contributed by atoms with Crippen LogP contribution in [0.1, 0.15) is 18.2 Å². The summed E-state index contributed by atoms with van der Waals surface area (Å²) in [4.78, 5) is 6.81. The zero-order valence-electron chi connectivity index (χ0n) is 13.5. The molecule has 120 valence electrons. The van der Waals surface area contributed by atoms with Crippen LogP contribution in [-0.2, 0) is 27.2 Å². The Bertz CT molecular complexity index is 642. The third-order valence-electron chi connectivity index (χ3n) is 3.34. The van der Waals surface area contributed by atoms with Crippen LogP contribution >= 0.6 is 15.9 Å². The van der Waals surface area contributed by atoms with Gasteiger partial charge in [-0.3, -0.25) is 4.68 Å². The van der Waals surface area contributed by atoms with Gasteiger partial charge in [0.25, 0.3) is 0 Å². The molecule has 7 heteroatoms. The molecule has 0 aliphatic carbocycles. The van der Waals surface area contributed by atoms with Crippen molar-refractivity contribution in [2.45, 2.75) is 20.0 Å². The fourth-order valence-corrected chi connectivity index (χ4v) is 2.80.